The summed E-state index contributed by atoms with van der Waals surface area (Å²) in [4.78, 5) is 18.6. The molecule has 1 fully saturated rings. The molecule has 4 heterocycles. The molecule has 0 aliphatic carbocycles. The van der Waals surface area contributed by atoms with Crippen molar-refractivity contribution in [2.75, 3.05) is 18.8 Å². The van der Waals surface area contributed by atoms with Crippen molar-refractivity contribution in [2.24, 2.45) is 0 Å². The van der Waals surface area contributed by atoms with Crippen LogP contribution < -0.4 is 5.73 Å². The van der Waals surface area contributed by atoms with E-state index >= 15 is 0 Å². The van der Waals surface area contributed by atoms with Crippen molar-refractivity contribution in [3.8, 4) is 0 Å². The van der Waals surface area contributed by atoms with Crippen LogP contribution in [0.3, 0.4) is 0 Å². The number of hydrogen-bond acceptors (Lipinski definition) is 7. The topological polar surface area (TPSA) is 99.2 Å². The number of carbonyl (C=O) groups is 1. The van der Waals surface area contributed by atoms with E-state index < -0.39 is 0 Å². The molecule has 4 rings (SSSR count). The van der Waals surface area contributed by atoms with Crippen molar-refractivity contribution < 1.29 is 9.53 Å². The summed E-state index contributed by atoms with van der Waals surface area (Å²) in [6.07, 6.45) is 3.75. The van der Waals surface area contributed by atoms with Crippen molar-refractivity contribution in [3.63, 3.8) is 0 Å². The van der Waals surface area contributed by atoms with Gasteiger partial charge >= 0.3 is 0 Å². The van der Waals surface area contributed by atoms with Crippen LogP contribution in [0.1, 0.15) is 30.3 Å². The second-order valence-electron chi connectivity index (χ2n) is 5.89. The molecular weight excluding hydrogens is 316 g/mol. The number of piperidine rings is 1. The van der Waals surface area contributed by atoms with Crippen molar-refractivity contribution in [1.29, 1.82) is 0 Å². The third-order valence-corrected chi connectivity index (χ3v) is 5.17. The Kier molecular flexibility index (Phi) is 3.74. The number of likely N-dealkylation sites (tertiary alicyclic amines) is 1. The van der Waals surface area contributed by atoms with E-state index in [2.05, 4.69) is 15.3 Å². The summed E-state index contributed by atoms with van der Waals surface area (Å²) in [5.41, 5.74) is 7.47. The summed E-state index contributed by atoms with van der Waals surface area (Å²) in [5.74, 6) is 0.141. The first-order chi connectivity index (χ1) is 11.2. The van der Waals surface area contributed by atoms with Crippen molar-refractivity contribution in [2.45, 2.75) is 38.0 Å². The summed E-state index contributed by atoms with van der Waals surface area (Å²) < 4.78 is 7.78. The Bertz CT molecular complexity index is 714. The Morgan fingerprint density at radius 2 is 2.43 bits per heavy atom. The fourth-order valence-electron chi connectivity index (χ4n) is 3.24. The first kappa shape index (κ1) is 14.6. The van der Waals surface area contributed by atoms with E-state index in [0.29, 0.717) is 31.1 Å². The van der Waals surface area contributed by atoms with Gasteiger partial charge < -0.3 is 15.4 Å². The van der Waals surface area contributed by atoms with E-state index in [-0.39, 0.29) is 18.1 Å². The number of rotatable bonds is 3. The Balaban J connectivity index is 1.40. The number of thiazole rings is 1. The maximum absolute atomic E-state index is 12.5. The predicted octanol–water partition coefficient (Wildman–Crippen LogP) is 0.622. The Morgan fingerprint density at radius 3 is 3.26 bits per heavy atom. The number of carbonyl (C=O) groups excluding carboxylic acids is 1. The zero-order valence-electron chi connectivity index (χ0n) is 12.6. The molecule has 2 unspecified atom stereocenters. The van der Waals surface area contributed by atoms with Crippen LogP contribution in [0.2, 0.25) is 0 Å². The first-order valence-corrected chi connectivity index (χ1v) is 8.57. The number of nitrogens with zero attached hydrogens (tertiary/aromatic N) is 5. The van der Waals surface area contributed by atoms with Crippen LogP contribution in [-0.4, -0.2) is 50.0 Å². The zero-order chi connectivity index (χ0) is 15.8. The van der Waals surface area contributed by atoms with Crippen LogP contribution in [0, 0.1) is 0 Å². The van der Waals surface area contributed by atoms with E-state index in [4.69, 9.17) is 10.5 Å². The number of fused-ring (bicyclic) bond motifs is 3. The van der Waals surface area contributed by atoms with E-state index in [0.717, 1.165) is 24.4 Å². The van der Waals surface area contributed by atoms with Gasteiger partial charge in [0.2, 0.25) is 5.91 Å². The molecule has 8 nitrogen and oxygen atoms in total. The van der Waals surface area contributed by atoms with Crippen LogP contribution >= 0.6 is 11.3 Å². The molecule has 23 heavy (non-hydrogen) atoms. The molecule has 0 saturated carbocycles. The number of aryl methyl sites for hydroxylation is 1. The van der Waals surface area contributed by atoms with E-state index in [9.17, 15) is 4.79 Å². The average Bonchev–Trinajstić information content (AvgIpc) is 3.20. The summed E-state index contributed by atoms with van der Waals surface area (Å²) >= 11 is 1.41. The van der Waals surface area contributed by atoms with Crippen molar-refractivity contribution in [1.82, 2.24) is 24.9 Å². The lowest BCUT2D eigenvalue weighted by molar-refractivity contribution is -0.138. The van der Waals surface area contributed by atoms with E-state index in [1.807, 2.05) is 15.0 Å². The fraction of sp³-hybridized carbons (Fsp3) is 0.571. The molecule has 9 heteroatoms. The molecule has 0 aromatic carbocycles. The zero-order valence-corrected chi connectivity index (χ0v) is 13.4. The van der Waals surface area contributed by atoms with E-state index in [1.165, 1.54) is 11.3 Å². The van der Waals surface area contributed by atoms with Gasteiger partial charge in [-0.3, -0.25) is 4.79 Å². The predicted molar refractivity (Wildman–Crippen MR) is 83.7 cm³/mol. The lowest BCUT2D eigenvalue weighted by Gasteiger charge is -2.41. The maximum Gasteiger partial charge on any atom is 0.223 e. The Hall–Kier alpha value is -2.00. The molecule has 0 bridgehead atoms. The van der Waals surface area contributed by atoms with Crippen molar-refractivity contribution >= 4 is 22.4 Å². The van der Waals surface area contributed by atoms with Gasteiger partial charge in [0, 0.05) is 24.9 Å². The smallest absolute Gasteiger partial charge is 0.223 e. The normalized spacial score (nSPS) is 23.4. The van der Waals surface area contributed by atoms with Gasteiger partial charge in [-0.15, -0.1) is 16.4 Å². The molecule has 2 atom stereocenters. The highest BCUT2D eigenvalue weighted by molar-refractivity contribution is 7.13. The standard InChI is InChI=1S/C14H18N6O2S/c15-14-17-9(8-23-14)1-2-13(21)19-4-3-12-11(6-19)20-10(7-22-12)5-16-18-20/h5,8,11-12H,1-4,6-7H2,(H2,15,17). The van der Waals surface area contributed by atoms with Gasteiger partial charge in [0.05, 0.1) is 36.3 Å². The minimum atomic E-state index is 0.0638. The monoisotopic (exact) mass is 334 g/mol. The van der Waals surface area contributed by atoms with Crippen LogP contribution in [-0.2, 0) is 22.6 Å². The highest BCUT2D eigenvalue weighted by Crippen LogP contribution is 2.30. The molecule has 2 aromatic heterocycles. The lowest BCUT2D eigenvalue weighted by Crippen LogP contribution is -2.49. The summed E-state index contributed by atoms with van der Waals surface area (Å²) in [7, 11) is 0. The fourth-order valence-corrected chi connectivity index (χ4v) is 3.83. The molecule has 0 radical (unpaired) electrons. The maximum atomic E-state index is 12.5. The number of amides is 1. The summed E-state index contributed by atoms with van der Waals surface area (Å²) in [6.45, 7) is 1.90. The third kappa shape index (κ3) is 2.81. The highest BCUT2D eigenvalue weighted by atomic mass is 32.1. The first-order valence-electron chi connectivity index (χ1n) is 7.69. The molecule has 1 amide bonds. The largest absolute Gasteiger partial charge is 0.375 e. The second kappa shape index (κ2) is 5.89. The molecule has 2 aromatic rings. The minimum Gasteiger partial charge on any atom is -0.375 e. The van der Waals surface area contributed by atoms with Crippen LogP contribution in [0.5, 0.6) is 0 Å². The van der Waals surface area contributed by atoms with Gasteiger partial charge in [-0.25, -0.2) is 9.67 Å². The van der Waals surface area contributed by atoms with E-state index in [1.54, 1.807) is 6.20 Å². The molecular formula is C14H18N6O2S. The molecule has 1 saturated heterocycles. The lowest BCUT2D eigenvalue weighted by atomic mass is 10.00. The average molecular weight is 334 g/mol. The van der Waals surface area contributed by atoms with Gasteiger partial charge in [-0.05, 0) is 12.8 Å². The quantitative estimate of drug-likeness (QED) is 0.883. The van der Waals surface area contributed by atoms with Gasteiger partial charge in [0.1, 0.15) is 0 Å². The molecule has 2 aliphatic rings. The Labute approximate surface area is 137 Å². The van der Waals surface area contributed by atoms with Gasteiger partial charge in [-0.1, -0.05) is 5.21 Å². The Morgan fingerprint density at radius 1 is 1.52 bits per heavy atom. The molecule has 2 N–H and O–H groups in total. The van der Waals surface area contributed by atoms with Crippen LogP contribution in [0.25, 0.3) is 0 Å². The molecule has 122 valence electrons. The minimum absolute atomic E-state index is 0.0638. The molecule has 0 spiro atoms. The SMILES string of the molecule is Nc1nc(CCC(=O)N2CCC3OCc4cnnn4C3C2)cs1. The summed E-state index contributed by atoms with van der Waals surface area (Å²) in [6, 6.07) is 0.0638. The number of nitrogens with two attached hydrogens (primary N) is 1. The number of ether oxygens (including phenoxy) is 1. The van der Waals surface area contributed by atoms with Gasteiger partial charge in [0.25, 0.3) is 0 Å². The second-order valence-corrected chi connectivity index (χ2v) is 6.78. The van der Waals surface area contributed by atoms with Gasteiger partial charge in [-0.2, -0.15) is 0 Å². The number of anilines is 1. The third-order valence-electron chi connectivity index (χ3n) is 4.45. The number of nitrogen functional groups attached to an aromatic ring is 1. The number of hydrogen-bond donors (Lipinski definition) is 1. The van der Waals surface area contributed by atoms with Crippen LogP contribution in [0.4, 0.5) is 5.13 Å². The van der Waals surface area contributed by atoms with Crippen molar-refractivity contribution in [3.05, 3.63) is 23.0 Å². The number of aromatic nitrogens is 4. The highest BCUT2D eigenvalue weighted by Gasteiger charge is 2.37. The molecule has 2 aliphatic heterocycles. The summed E-state index contributed by atoms with van der Waals surface area (Å²) in [5, 5.41) is 10.6. The van der Waals surface area contributed by atoms with Crippen LogP contribution in [0.15, 0.2) is 11.6 Å². The van der Waals surface area contributed by atoms with Gasteiger partial charge in [0.15, 0.2) is 5.13 Å².